The van der Waals surface area contributed by atoms with E-state index < -0.39 is 6.97 Å². The van der Waals surface area contributed by atoms with Crippen LogP contribution in [0.5, 0.6) is 5.75 Å². The molecule has 0 aliphatic carbocycles. The Morgan fingerprint density at radius 1 is 1.29 bits per heavy atom. The number of aromatic nitrogens is 1. The van der Waals surface area contributed by atoms with E-state index >= 15 is 8.63 Å². The second kappa shape index (κ2) is 6.33. The number of carbonyl (C=O) groups excluding carboxylic acids is 1. The fourth-order valence-corrected chi connectivity index (χ4v) is 4.30. The Labute approximate surface area is 161 Å². The van der Waals surface area contributed by atoms with Crippen molar-refractivity contribution in [2.45, 2.75) is 27.2 Å². The number of carbonyl (C=O) groups is 1. The molecule has 0 bridgehead atoms. The van der Waals surface area contributed by atoms with Crippen LogP contribution in [0, 0.1) is 13.8 Å². The minimum absolute atomic E-state index is 0.145. The molecule has 1 aromatic heterocycles. The molecular weight excluding hydrogens is 363 g/mol. The average molecular weight is 385 g/mol. The predicted octanol–water partition coefficient (Wildman–Crippen LogP) is 1.57. The summed E-state index contributed by atoms with van der Waals surface area (Å²) >= 11 is 0. The van der Waals surface area contributed by atoms with Gasteiger partial charge in [-0.2, -0.15) is 0 Å². The molecule has 0 unspecified atom stereocenters. The molecule has 1 N–H and O–H groups in total. The molecule has 0 saturated carbocycles. The van der Waals surface area contributed by atoms with Gasteiger partial charge in [-0.3, -0.25) is 4.79 Å². The standard InChI is InChI=1S/C20H22BF2N3O2/c1-12-9-13(2)25-19(12)11-20-16(7-8-24-14(3)27)17-10-15(28-4)5-6-18(17)26(20)21(25,22)23/h5-6,9-11H,7-8H2,1-4H3,(H,24,27). The van der Waals surface area contributed by atoms with Crippen molar-refractivity contribution < 1.29 is 18.2 Å². The van der Waals surface area contributed by atoms with Crippen LogP contribution in [0.4, 0.5) is 8.63 Å². The summed E-state index contributed by atoms with van der Waals surface area (Å²) < 4.78 is 39.0. The predicted molar refractivity (Wildman–Crippen MR) is 105 cm³/mol. The Kier molecular flexibility index (Phi) is 4.17. The molecule has 0 fully saturated rings. The lowest BCUT2D eigenvalue weighted by Crippen LogP contribution is -2.56. The highest BCUT2D eigenvalue weighted by Gasteiger charge is 2.53. The number of nitrogens with one attached hydrogen (secondary N) is 1. The molecule has 0 atom stereocenters. The van der Waals surface area contributed by atoms with E-state index in [-0.39, 0.29) is 5.91 Å². The summed E-state index contributed by atoms with van der Waals surface area (Å²) in [6, 6.07) is 6.96. The number of nitrogens with zero attached hydrogens (tertiary/aromatic N) is 2. The Bertz CT molecular complexity index is 1160. The first-order valence-corrected chi connectivity index (χ1v) is 9.26. The lowest BCUT2D eigenvalue weighted by atomic mass is 9.89. The number of methoxy groups -OCH3 is 1. The number of hydrogen-bond donors (Lipinski definition) is 1. The van der Waals surface area contributed by atoms with Gasteiger partial charge in [-0.25, -0.2) is 0 Å². The van der Waals surface area contributed by atoms with Crippen LogP contribution in [-0.2, 0) is 4.79 Å². The zero-order chi connectivity index (χ0) is 20.2. The van der Waals surface area contributed by atoms with Crippen LogP contribution in [-0.4, -0.2) is 31.0 Å². The third kappa shape index (κ3) is 2.58. The number of fused-ring (bicyclic) bond motifs is 3. The number of halogens is 2. The summed E-state index contributed by atoms with van der Waals surface area (Å²) in [6.45, 7) is 1.34. The summed E-state index contributed by atoms with van der Waals surface area (Å²) in [5.41, 5.74) is 3.17. The maximum absolute atomic E-state index is 15.7. The van der Waals surface area contributed by atoms with Gasteiger partial charge >= 0.3 is 6.97 Å². The van der Waals surface area contributed by atoms with E-state index in [2.05, 4.69) is 5.32 Å². The smallest absolute Gasteiger partial charge is 0.497 e. The first-order chi connectivity index (χ1) is 13.3. The summed E-state index contributed by atoms with van der Waals surface area (Å²) in [6.07, 6.45) is 2.28. The quantitative estimate of drug-likeness (QED) is 0.813. The third-order valence-corrected chi connectivity index (χ3v) is 5.47. The van der Waals surface area contributed by atoms with Crippen molar-refractivity contribution in [1.82, 2.24) is 14.3 Å². The lowest BCUT2D eigenvalue weighted by molar-refractivity contribution is -0.118. The molecule has 4 rings (SSSR count). The topological polar surface area (TPSA) is 46.3 Å². The average Bonchev–Trinajstić information content (AvgIpc) is 3.09. The van der Waals surface area contributed by atoms with Crippen LogP contribution < -0.4 is 25.1 Å². The molecule has 0 saturated heterocycles. The fraction of sp³-hybridized carbons (Fsp3) is 0.300. The molecule has 2 aliphatic heterocycles. The number of hydrogen-bond acceptors (Lipinski definition) is 2. The van der Waals surface area contributed by atoms with Crippen LogP contribution in [0.15, 0.2) is 30.0 Å². The van der Waals surface area contributed by atoms with Gasteiger partial charge in [-0.15, -0.1) is 0 Å². The van der Waals surface area contributed by atoms with E-state index in [1.165, 1.54) is 6.92 Å². The number of ether oxygens (including phenoxy) is 1. The minimum atomic E-state index is -4.04. The minimum Gasteiger partial charge on any atom is -0.497 e. The molecule has 0 spiro atoms. The molecule has 2 aromatic rings. The molecule has 1 amide bonds. The zero-order valence-corrected chi connectivity index (χ0v) is 16.3. The second-order valence-electron chi connectivity index (χ2n) is 7.31. The highest BCUT2D eigenvalue weighted by atomic mass is 19.2. The van der Waals surface area contributed by atoms with E-state index in [9.17, 15) is 4.79 Å². The molecule has 8 heteroatoms. The van der Waals surface area contributed by atoms with Crippen molar-refractivity contribution in [3.05, 3.63) is 57.5 Å². The Hall–Kier alpha value is -2.90. The van der Waals surface area contributed by atoms with Gasteiger partial charge in [0, 0.05) is 36.9 Å². The van der Waals surface area contributed by atoms with Gasteiger partial charge in [0.2, 0.25) is 5.91 Å². The number of rotatable bonds is 4. The first kappa shape index (κ1) is 18.5. The number of aryl methyl sites for hydroxylation is 2. The monoisotopic (exact) mass is 385 g/mol. The normalized spacial score (nSPS) is 16.3. The highest BCUT2D eigenvalue weighted by Crippen LogP contribution is 2.34. The summed E-state index contributed by atoms with van der Waals surface area (Å²) in [7, 11) is 1.55. The van der Waals surface area contributed by atoms with E-state index in [1.54, 1.807) is 38.3 Å². The number of benzene rings is 1. The van der Waals surface area contributed by atoms with Crippen LogP contribution in [0.3, 0.4) is 0 Å². The maximum atomic E-state index is 15.7. The van der Waals surface area contributed by atoms with Crippen LogP contribution in [0.1, 0.15) is 30.3 Å². The summed E-state index contributed by atoms with van der Waals surface area (Å²) in [4.78, 5) is 11.3. The molecule has 2 aliphatic rings. The molecular formula is C20H22BF2N3O2. The van der Waals surface area contributed by atoms with Crippen molar-refractivity contribution in [1.29, 1.82) is 0 Å². The lowest BCUT2D eigenvalue weighted by Gasteiger charge is -2.30. The van der Waals surface area contributed by atoms with Gasteiger partial charge in [0.1, 0.15) is 5.75 Å². The van der Waals surface area contributed by atoms with E-state index in [4.69, 9.17) is 4.74 Å². The SMILES string of the molecule is COc1ccc2c(c1)=C(CCNC(C)=O)C1=Cc3c(C)cc(C)n3[B-](F)(F)[N+]=21. The van der Waals surface area contributed by atoms with Crippen LogP contribution in [0.2, 0.25) is 0 Å². The van der Waals surface area contributed by atoms with Gasteiger partial charge in [0.25, 0.3) is 0 Å². The second-order valence-corrected chi connectivity index (χ2v) is 7.31. The van der Waals surface area contributed by atoms with E-state index in [1.807, 2.05) is 13.0 Å². The van der Waals surface area contributed by atoms with Crippen molar-refractivity contribution in [3.63, 3.8) is 0 Å². The Balaban J connectivity index is 2.00. The summed E-state index contributed by atoms with van der Waals surface area (Å²) in [5.74, 6) is 0.466. The number of allylic oxidation sites excluding steroid dienone is 1. The third-order valence-electron chi connectivity index (χ3n) is 5.47. The maximum Gasteiger partial charge on any atom is 0.737 e. The molecule has 3 heterocycles. The van der Waals surface area contributed by atoms with Gasteiger partial charge < -0.3 is 27.6 Å². The Morgan fingerprint density at radius 2 is 2.04 bits per heavy atom. The van der Waals surface area contributed by atoms with Crippen molar-refractivity contribution in [2.24, 2.45) is 0 Å². The van der Waals surface area contributed by atoms with E-state index in [0.717, 1.165) is 25.3 Å². The molecule has 146 valence electrons. The van der Waals surface area contributed by atoms with Gasteiger partial charge in [0.05, 0.1) is 12.3 Å². The van der Waals surface area contributed by atoms with E-state index in [0.29, 0.717) is 41.2 Å². The molecule has 0 radical (unpaired) electrons. The molecule has 5 nitrogen and oxygen atoms in total. The van der Waals surface area contributed by atoms with Gasteiger partial charge in [0.15, 0.2) is 11.1 Å². The fourth-order valence-electron chi connectivity index (χ4n) is 4.30. The summed E-state index contributed by atoms with van der Waals surface area (Å²) in [5, 5.41) is 3.94. The molecule has 1 aromatic carbocycles. The van der Waals surface area contributed by atoms with Crippen molar-refractivity contribution >= 4 is 24.5 Å². The highest BCUT2D eigenvalue weighted by molar-refractivity contribution is 6.64. The first-order valence-electron chi connectivity index (χ1n) is 9.26. The van der Waals surface area contributed by atoms with Crippen LogP contribution >= 0.6 is 0 Å². The van der Waals surface area contributed by atoms with Crippen molar-refractivity contribution in [2.75, 3.05) is 13.7 Å². The zero-order valence-electron chi connectivity index (χ0n) is 16.3. The largest absolute Gasteiger partial charge is 0.737 e. The van der Waals surface area contributed by atoms with Gasteiger partial charge in [-0.1, -0.05) is 0 Å². The number of amides is 1. The Morgan fingerprint density at radius 3 is 2.71 bits per heavy atom. The van der Waals surface area contributed by atoms with Gasteiger partial charge in [-0.05, 0) is 49.7 Å². The van der Waals surface area contributed by atoms with Crippen LogP contribution in [0.25, 0.3) is 11.6 Å². The molecule has 28 heavy (non-hydrogen) atoms. The van der Waals surface area contributed by atoms with Crippen molar-refractivity contribution in [3.8, 4) is 5.75 Å².